The lowest BCUT2D eigenvalue weighted by molar-refractivity contribution is -0.132. The van der Waals surface area contributed by atoms with Crippen molar-refractivity contribution in [1.82, 2.24) is 4.90 Å². The summed E-state index contributed by atoms with van der Waals surface area (Å²) in [5.41, 5.74) is 5.13. The molecular weight excluding hydrogens is 276 g/mol. The van der Waals surface area contributed by atoms with Crippen LogP contribution in [0.5, 0.6) is 0 Å². The van der Waals surface area contributed by atoms with Gasteiger partial charge >= 0.3 is 0 Å². The molecule has 4 nitrogen and oxygen atoms in total. The highest BCUT2D eigenvalue weighted by atomic mass is 16.2. The molecule has 2 amide bonds. The van der Waals surface area contributed by atoms with Crippen LogP contribution in [0.25, 0.3) is 0 Å². The number of nitrogens with two attached hydrogens (primary N) is 1. The summed E-state index contributed by atoms with van der Waals surface area (Å²) in [5.74, 6) is 1.05. The maximum atomic E-state index is 12.5. The summed E-state index contributed by atoms with van der Waals surface area (Å²) in [6, 6.07) is 0. The van der Waals surface area contributed by atoms with Gasteiger partial charge in [0.25, 0.3) is 0 Å². The van der Waals surface area contributed by atoms with Crippen LogP contribution in [0.2, 0.25) is 0 Å². The van der Waals surface area contributed by atoms with Crippen LogP contribution in [0.15, 0.2) is 0 Å². The third-order valence-electron chi connectivity index (χ3n) is 4.04. The molecule has 0 aromatic rings. The maximum Gasteiger partial charge on any atom is 0.222 e. The van der Waals surface area contributed by atoms with E-state index in [-0.39, 0.29) is 11.8 Å². The van der Waals surface area contributed by atoms with E-state index in [9.17, 15) is 9.59 Å². The van der Waals surface area contributed by atoms with Gasteiger partial charge in [0.1, 0.15) is 0 Å². The first-order valence-electron chi connectivity index (χ1n) is 8.96. The Bertz CT molecular complexity index is 304. The van der Waals surface area contributed by atoms with Crippen LogP contribution in [-0.4, -0.2) is 29.8 Å². The molecule has 0 spiro atoms. The molecular formula is C18H36N2O2. The number of carbonyl (C=O) groups is 2. The van der Waals surface area contributed by atoms with Gasteiger partial charge in [-0.05, 0) is 37.5 Å². The summed E-state index contributed by atoms with van der Waals surface area (Å²) >= 11 is 0. The Morgan fingerprint density at radius 3 is 1.77 bits per heavy atom. The van der Waals surface area contributed by atoms with Gasteiger partial charge < -0.3 is 10.6 Å². The molecule has 0 aromatic carbocycles. The van der Waals surface area contributed by atoms with Gasteiger partial charge in [-0.15, -0.1) is 0 Å². The molecule has 2 N–H and O–H groups in total. The average Bonchev–Trinajstić information content (AvgIpc) is 2.43. The molecule has 130 valence electrons. The van der Waals surface area contributed by atoms with E-state index in [1.165, 1.54) is 0 Å². The van der Waals surface area contributed by atoms with Crippen molar-refractivity contribution in [2.45, 2.75) is 79.1 Å². The summed E-state index contributed by atoms with van der Waals surface area (Å²) in [4.78, 5) is 25.3. The lowest BCUT2D eigenvalue weighted by Crippen LogP contribution is -2.37. The molecule has 22 heavy (non-hydrogen) atoms. The second-order valence-electron chi connectivity index (χ2n) is 6.76. The van der Waals surface area contributed by atoms with Crippen molar-refractivity contribution in [1.29, 1.82) is 0 Å². The van der Waals surface area contributed by atoms with Gasteiger partial charge in [0.2, 0.25) is 11.8 Å². The molecule has 4 heteroatoms. The molecule has 0 rings (SSSR count). The van der Waals surface area contributed by atoms with Crippen molar-refractivity contribution >= 4 is 11.8 Å². The number of nitrogens with zero attached hydrogens (tertiary/aromatic N) is 1. The summed E-state index contributed by atoms with van der Waals surface area (Å²) in [7, 11) is 0. The van der Waals surface area contributed by atoms with Gasteiger partial charge in [-0.1, -0.05) is 40.5 Å². The Morgan fingerprint density at radius 2 is 1.36 bits per heavy atom. The largest absolute Gasteiger partial charge is 0.370 e. The molecule has 0 aliphatic heterocycles. The monoisotopic (exact) mass is 312 g/mol. The molecule has 0 aliphatic rings. The minimum absolute atomic E-state index is 0.232. The molecule has 0 aliphatic carbocycles. The van der Waals surface area contributed by atoms with Crippen LogP contribution in [0.4, 0.5) is 0 Å². The van der Waals surface area contributed by atoms with Crippen molar-refractivity contribution < 1.29 is 9.59 Å². The van der Waals surface area contributed by atoms with Gasteiger partial charge in [-0.25, -0.2) is 0 Å². The Labute approximate surface area is 136 Å². The normalized spacial score (nSPS) is 13.6. The Kier molecular flexibility index (Phi) is 11.9. The molecule has 0 aromatic heterocycles. The van der Waals surface area contributed by atoms with Crippen LogP contribution in [0.3, 0.4) is 0 Å². The number of hydrogen-bond acceptors (Lipinski definition) is 2. The van der Waals surface area contributed by atoms with E-state index in [1.54, 1.807) is 0 Å². The lowest BCUT2D eigenvalue weighted by Gasteiger charge is -2.29. The van der Waals surface area contributed by atoms with Gasteiger partial charge in [-0.3, -0.25) is 9.59 Å². The van der Waals surface area contributed by atoms with Gasteiger partial charge in [0, 0.05) is 25.9 Å². The lowest BCUT2D eigenvalue weighted by atomic mass is 10.0. The third kappa shape index (κ3) is 10.6. The quantitative estimate of drug-likeness (QED) is 0.527. The summed E-state index contributed by atoms with van der Waals surface area (Å²) in [6.45, 7) is 10.5. The molecule has 0 saturated carbocycles. The zero-order chi connectivity index (χ0) is 17.0. The average molecular weight is 312 g/mol. The molecule has 0 heterocycles. The summed E-state index contributed by atoms with van der Waals surface area (Å²) in [5, 5.41) is 0. The highest BCUT2D eigenvalue weighted by Gasteiger charge is 2.18. The molecule has 0 fully saturated rings. The van der Waals surface area contributed by atoms with Crippen molar-refractivity contribution in [3.05, 3.63) is 0 Å². The maximum absolute atomic E-state index is 12.5. The topological polar surface area (TPSA) is 63.4 Å². The van der Waals surface area contributed by atoms with E-state index in [0.29, 0.717) is 31.1 Å². The SMILES string of the molecule is CCCC(C)CN(CC(C)CCC)C(=O)CCCCC(N)=O. The minimum Gasteiger partial charge on any atom is -0.370 e. The molecule has 0 radical (unpaired) electrons. The van der Waals surface area contributed by atoms with Crippen molar-refractivity contribution in [3.63, 3.8) is 0 Å². The second-order valence-corrected chi connectivity index (χ2v) is 6.76. The Balaban J connectivity index is 4.40. The smallest absolute Gasteiger partial charge is 0.222 e. The van der Waals surface area contributed by atoms with Crippen LogP contribution in [0, 0.1) is 11.8 Å². The highest BCUT2D eigenvalue weighted by molar-refractivity contribution is 5.76. The first-order valence-corrected chi connectivity index (χ1v) is 8.96. The summed E-state index contributed by atoms with van der Waals surface area (Å²) < 4.78 is 0. The van der Waals surface area contributed by atoms with Crippen molar-refractivity contribution in [2.24, 2.45) is 17.6 Å². The first-order chi connectivity index (χ1) is 10.4. The third-order valence-corrected chi connectivity index (χ3v) is 4.04. The van der Waals surface area contributed by atoms with Gasteiger partial charge in [-0.2, -0.15) is 0 Å². The number of carbonyl (C=O) groups excluding carboxylic acids is 2. The zero-order valence-corrected chi connectivity index (χ0v) is 15.1. The molecule has 2 atom stereocenters. The molecule has 2 unspecified atom stereocenters. The van der Waals surface area contributed by atoms with E-state index >= 15 is 0 Å². The van der Waals surface area contributed by atoms with Crippen LogP contribution < -0.4 is 5.73 Å². The highest BCUT2D eigenvalue weighted by Crippen LogP contribution is 2.14. The minimum atomic E-state index is -0.280. The Hall–Kier alpha value is -1.06. The number of unbranched alkanes of at least 4 members (excludes halogenated alkanes) is 1. The van der Waals surface area contributed by atoms with Crippen LogP contribution >= 0.6 is 0 Å². The molecule has 0 bridgehead atoms. The van der Waals surface area contributed by atoms with E-state index in [4.69, 9.17) is 5.73 Å². The van der Waals surface area contributed by atoms with E-state index in [0.717, 1.165) is 45.2 Å². The number of rotatable bonds is 13. The predicted octanol–water partition coefficient (Wildman–Crippen LogP) is 3.73. The fraction of sp³-hybridized carbons (Fsp3) is 0.889. The fourth-order valence-corrected chi connectivity index (χ4v) is 2.93. The Morgan fingerprint density at radius 1 is 0.909 bits per heavy atom. The van der Waals surface area contributed by atoms with E-state index in [1.807, 2.05) is 4.90 Å². The van der Waals surface area contributed by atoms with E-state index < -0.39 is 0 Å². The van der Waals surface area contributed by atoms with Gasteiger partial charge in [0.05, 0.1) is 0 Å². The zero-order valence-electron chi connectivity index (χ0n) is 15.1. The second kappa shape index (κ2) is 12.5. The van der Waals surface area contributed by atoms with Crippen LogP contribution in [-0.2, 0) is 9.59 Å². The number of hydrogen-bond donors (Lipinski definition) is 1. The fourth-order valence-electron chi connectivity index (χ4n) is 2.93. The van der Waals surface area contributed by atoms with Crippen LogP contribution in [0.1, 0.15) is 79.1 Å². The number of amides is 2. The van der Waals surface area contributed by atoms with Gasteiger partial charge in [0.15, 0.2) is 0 Å². The molecule has 0 saturated heterocycles. The van der Waals surface area contributed by atoms with E-state index in [2.05, 4.69) is 27.7 Å². The van der Waals surface area contributed by atoms with Crippen molar-refractivity contribution in [2.75, 3.05) is 13.1 Å². The first kappa shape index (κ1) is 20.9. The number of primary amides is 1. The predicted molar refractivity (Wildman–Crippen MR) is 92.4 cm³/mol. The summed E-state index contributed by atoms with van der Waals surface area (Å²) in [6.07, 6.45) is 7.02. The standard InChI is InChI=1S/C18H36N2O2/c1-5-9-15(3)13-20(14-16(4)10-6-2)18(22)12-8-7-11-17(19)21/h15-16H,5-14H2,1-4H3,(H2,19,21). The van der Waals surface area contributed by atoms with Crippen molar-refractivity contribution in [3.8, 4) is 0 Å².